The van der Waals surface area contributed by atoms with E-state index < -0.39 is 18.2 Å². The molecule has 0 N–H and O–H groups in total. The van der Waals surface area contributed by atoms with Crippen molar-refractivity contribution in [3.05, 3.63) is 35.1 Å². The number of hydrogen-bond acceptors (Lipinski definition) is 1. The van der Waals surface area contributed by atoms with Crippen molar-refractivity contribution >= 4 is 11.6 Å². The fourth-order valence-electron chi connectivity index (χ4n) is 1.24. The summed E-state index contributed by atoms with van der Waals surface area (Å²) in [5, 5.41) is -0.725. The highest BCUT2D eigenvalue weighted by atomic mass is 35.5. The number of rotatable bonds is 4. The Bertz CT molecular complexity index is 378. The summed E-state index contributed by atoms with van der Waals surface area (Å²) < 4.78 is 52.8. The summed E-state index contributed by atoms with van der Waals surface area (Å²) >= 11 is 5.84. The van der Waals surface area contributed by atoms with Gasteiger partial charge in [-0.25, -0.2) is 4.39 Å². The summed E-state index contributed by atoms with van der Waals surface area (Å²) in [4.78, 5) is 0. The second kappa shape index (κ2) is 5.69. The van der Waals surface area contributed by atoms with E-state index in [0.717, 1.165) is 0 Å². The Balaban J connectivity index is 2.52. The summed E-state index contributed by atoms with van der Waals surface area (Å²) in [6.07, 6.45) is -4.37. The van der Waals surface area contributed by atoms with E-state index in [4.69, 9.17) is 11.6 Å². The van der Waals surface area contributed by atoms with Crippen LogP contribution < -0.4 is 0 Å². The maximum absolute atomic E-state index is 12.9. The number of ether oxygens (including phenoxy) is 1. The molecule has 0 bridgehead atoms. The smallest absolute Gasteiger partial charge is 0.370 e. The minimum atomic E-state index is -4.37. The fraction of sp³-hybridized carbons (Fsp3) is 0.455. The lowest BCUT2D eigenvalue weighted by molar-refractivity contribution is -0.173. The highest BCUT2D eigenvalue weighted by Crippen LogP contribution is 2.24. The maximum atomic E-state index is 12.9. The third-order valence-electron chi connectivity index (χ3n) is 2.07. The van der Waals surface area contributed by atoms with Crippen LogP contribution >= 0.6 is 11.6 Å². The zero-order valence-electron chi connectivity index (χ0n) is 9.02. The number of benzene rings is 1. The first-order chi connectivity index (χ1) is 7.79. The zero-order valence-corrected chi connectivity index (χ0v) is 9.78. The molecule has 0 aliphatic heterocycles. The molecule has 1 atom stereocenters. The Kier molecular flexibility index (Phi) is 4.77. The molecule has 0 amide bonds. The third-order valence-corrected chi connectivity index (χ3v) is 2.45. The SMILES string of the molecule is Cc1cc(C(Cl)COCC(F)(F)F)ccc1F. The quantitative estimate of drug-likeness (QED) is 0.594. The summed E-state index contributed by atoms with van der Waals surface area (Å²) in [6.45, 7) is -0.0540. The molecule has 6 heteroatoms. The maximum Gasteiger partial charge on any atom is 0.411 e. The van der Waals surface area contributed by atoms with Gasteiger partial charge in [0.25, 0.3) is 0 Å². The summed E-state index contributed by atoms with van der Waals surface area (Å²) in [5.41, 5.74) is 0.928. The van der Waals surface area contributed by atoms with Crippen LogP contribution in [-0.2, 0) is 4.74 Å². The standard InChI is InChI=1S/C11H11ClF4O/c1-7-4-8(2-3-10(7)13)9(12)5-17-6-11(14,15)16/h2-4,9H,5-6H2,1H3. The van der Waals surface area contributed by atoms with Crippen molar-refractivity contribution in [2.24, 2.45) is 0 Å². The average Bonchev–Trinajstić information content (AvgIpc) is 2.20. The predicted octanol–water partition coefficient (Wildman–Crippen LogP) is 3.99. The highest BCUT2D eigenvalue weighted by molar-refractivity contribution is 6.20. The Hall–Kier alpha value is -0.810. The first-order valence-electron chi connectivity index (χ1n) is 4.84. The topological polar surface area (TPSA) is 9.23 Å². The molecule has 0 aliphatic carbocycles. The van der Waals surface area contributed by atoms with Crippen molar-refractivity contribution in [2.45, 2.75) is 18.5 Å². The number of hydrogen-bond donors (Lipinski definition) is 0. The van der Waals surface area contributed by atoms with Crippen LogP contribution in [0.5, 0.6) is 0 Å². The monoisotopic (exact) mass is 270 g/mol. The molecule has 1 aromatic rings. The van der Waals surface area contributed by atoms with E-state index in [1.807, 2.05) is 0 Å². The molecule has 0 radical (unpaired) electrons. The van der Waals surface area contributed by atoms with Gasteiger partial charge in [-0.2, -0.15) is 13.2 Å². The molecule has 0 fully saturated rings. The van der Waals surface area contributed by atoms with Crippen molar-refractivity contribution in [2.75, 3.05) is 13.2 Å². The molecule has 1 aromatic carbocycles. The predicted molar refractivity (Wildman–Crippen MR) is 56.6 cm³/mol. The Morgan fingerprint density at radius 2 is 2.00 bits per heavy atom. The minimum Gasteiger partial charge on any atom is -0.370 e. The van der Waals surface area contributed by atoms with Crippen LogP contribution in [0.3, 0.4) is 0 Å². The largest absolute Gasteiger partial charge is 0.411 e. The van der Waals surface area contributed by atoms with E-state index in [1.165, 1.54) is 18.2 Å². The van der Waals surface area contributed by atoms with E-state index in [-0.39, 0.29) is 12.4 Å². The highest BCUT2D eigenvalue weighted by Gasteiger charge is 2.27. The molecular formula is C11H11ClF4O. The molecule has 17 heavy (non-hydrogen) atoms. The van der Waals surface area contributed by atoms with Gasteiger partial charge in [0.05, 0.1) is 12.0 Å². The van der Waals surface area contributed by atoms with E-state index in [2.05, 4.69) is 4.74 Å². The van der Waals surface area contributed by atoms with E-state index in [0.29, 0.717) is 11.1 Å². The lowest BCUT2D eigenvalue weighted by Gasteiger charge is -2.12. The van der Waals surface area contributed by atoms with Gasteiger partial charge in [-0.3, -0.25) is 0 Å². The molecule has 0 aliphatic rings. The van der Waals surface area contributed by atoms with Crippen LogP contribution in [0.15, 0.2) is 18.2 Å². The van der Waals surface area contributed by atoms with E-state index in [1.54, 1.807) is 6.92 Å². The van der Waals surface area contributed by atoms with Crippen LogP contribution in [0, 0.1) is 12.7 Å². The first-order valence-corrected chi connectivity index (χ1v) is 5.28. The van der Waals surface area contributed by atoms with Crippen LogP contribution in [0.25, 0.3) is 0 Å². The summed E-state index contributed by atoms with van der Waals surface area (Å²) in [5.74, 6) is -0.381. The van der Waals surface area contributed by atoms with Crippen molar-refractivity contribution in [1.29, 1.82) is 0 Å². The van der Waals surface area contributed by atoms with E-state index in [9.17, 15) is 17.6 Å². The lowest BCUT2D eigenvalue weighted by atomic mass is 10.1. The first kappa shape index (κ1) is 14.3. The molecule has 0 spiro atoms. The Morgan fingerprint density at radius 1 is 1.35 bits per heavy atom. The molecular weight excluding hydrogens is 260 g/mol. The van der Waals surface area contributed by atoms with Gasteiger partial charge in [0, 0.05) is 0 Å². The summed E-state index contributed by atoms with van der Waals surface area (Å²) in [7, 11) is 0. The van der Waals surface area contributed by atoms with E-state index >= 15 is 0 Å². The van der Waals surface area contributed by atoms with Crippen molar-refractivity contribution in [3.63, 3.8) is 0 Å². The molecule has 1 unspecified atom stereocenters. The van der Waals surface area contributed by atoms with Crippen molar-refractivity contribution < 1.29 is 22.3 Å². The van der Waals surface area contributed by atoms with Crippen LogP contribution in [0.4, 0.5) is 17.6 Å². The van der Waals surface area contributed by atoms with Crippen molar-refractivity contribution in [3.8, 4) is 0 Å². The second-order valence-corrected chi connectivity index (χ2v) is 4.13. The van der Waals surface area contributed by atoms with Gasteiger partial charge in [-0.15, -0.1) is 11.6 Å². The van der Waals surface area contributed by atoms with Gasteiger partial charge < -0.3 is 4.74 Å². The van der Waals surface area contributed by atoms with Gasteiger partial charge in [-0.1, -0.05) is 12.1 Å². The minimum absolute atomic E-state index is 0.272. The zero-order chi connectivity index (χ0) is 13.1. The normalized spacial score (nSPS) is 13.8. The second-order valence-electron chi connectivity index (χ2n) is 3.61. The van der Waals surface area contributed by atoms with Gasteiger partial charge >= 0.3 is 6.18 Å². The van der Waals surface area contributed by atoms with Gasteiger partial charge in [0.15, 0.2) is 0 Å². The summed E-state index contributed by atoms with van der Waals surface area (Å²) in [6, 6.07) is 4.14. The van der Waals surface area contributed by atoms with Gasteiger partial charge in [0.2, 0.25) is 0 Å². The number of alkyl halides is 4. The molecule has 0 aromatic heterocycles. The third kappa shape index (κ3) is 4.91. The van der Waals surface area contributed by atoms with Gasteiger partial charge in [-0.05, 0) is 24.1 Å². The van der Waals surface area contributed by atoms with Crippen molar-refractivity contribution in [1.82, 2.24) is 0 Å². The van der Waals surface area contributed by atoms with Gasteiger partial charge in [0.1, 0.15) is 12.4 Å². The molecule has 0 saturated carbocycles. The Labute approximate surface area is 101 Å². The average molecular weight is 271 g/mol. The van der Waals surface area contributed by atoms with Crippen LogP contribution in [0.1, 0.15) is 16.5 Å². The molecule has 0 saturated heterocycles. The molecule has 1 nitrogen and oxygen atoms in total. The molecule has 0 heterocycles. The van der Waals surface area contributed by atoms with Crippen LogP contribution in [-0.4, -0.2) is 19.4 Å². The number of halogens is 5. The lowest BCUT2D eigenvalue weighted by Crippen LogP contribution is -2.18. The number of aryl methyl sites for hydroxylation is 1. The molecule has 96 valence electrons. The Morgan fingerprint density at radius 3 is 2.53 bits per heavy atom. The van der Waals surface area contributed by atoms with Crippen LogP contribution in [0.2, 0.25) is 0 Å². The fourth-order valence-corrected chi connectivity index (χ4v) is 1.46. The molecule has 1 rings (SSSR count).